The van der Waals surface area contributed by atoms with Crippen molar-refractivity contribution in [3.8, 4) is 0 Å². The number of carbonyl (C=O) groups excluding carboxylic acids is 2. The van der Waals surface area contributed by atoms with Crippen molar-refractivity contribution in [2.24, 2.45) is 4.99 Å². The zero-order valence-electron chi connectivity index (χ0n) is 6.96. The molecule has 0 aromatic rings. The molecule has 0 spiro atoms. The molecule has 0 aliphatic carbocycles. The number of hydrogen-bond acceptors (Lipinski definition) is 4. The van der Waals surface area contributed by atoms with E-state index < -0.39 is 5.97 Å². The molecular formula is C8H9NO3. The third-order valence-electron chi connectivity index (χ3n) is 1.54. The van der Waals surface area contributed by atoms with Crippen molar-refractivity contribution in [1.29, 1.82) is 0 Å². The Hall–Kier alpha value is -1.45. The molecular weight excluding hydrogens is 158 g/mol. The SMILES string of the molecule is COC(=O)C1=CC(C(C)=O)=NC1. The lowest BCUT2D eigenvalue weighted by Crippen LogP contribution is -2.06. The fraction of sp³-hybridized carbons (Fsp3) is 0.375. The van der Waals surface area contributed by atoms with Crippen LogP contribution in [0.2, 0.25) is 0 Å². The lowest BCUT2D eigenvalue weighted by Gasteiger charge is -1.94. The van der Waals surface area contributed by atoms with Crippen LogP contribution in [0.25, 0.3) is 0 Å². The summed E-state index contributed by atoms with van der Waals surface area (Å²) in [6.07, 6.45) is 1.47. The van der Waals surface area contributed by atoms with Crippen molar-refractivity contribution in [2.75, 3.05) is 13.7 Å². The van der Waals surface area contributed by atoms with Gasteiger partial charge < -0.3 is 4.74 Å². The van der Waals surface area contributed by atoms with Gasteiger partial charge in [0.1, 0.15) is 5.71 Å². The fourth-order valence-electron chi connectivity index (χ4n) is 0.894. The number of carbonyl (C=O) groups is 2. The van der Waals surface area contributed by atoms with Gasteiger partial charge in [0.05, 0.1) is 19.2 Å². The van der Waals surface area contributed by atoms with Crippen molar-refractivity contribution in [3.63, 3.8) is 0 Å². The first-order valence-corrected chi connectivity index (χ1v) is 3.49. The van der Waals surface area contributed by atoms with Crippen LogP contribution in [-0.4, -0.2) is 31.1 Å². The molecule has 0 unspecified atom stereocenters. The van der Waals surface area contributed by atoms with Crippen molar-refractivity contribution in [2.45, 2.75) is 6.92 Å². The lowest BCUT2D eigenvalue weighted by atomic mass is 10.2. The van der Waals surface area contributed by atoms with Gasteiger partial charge in [-0.1, -0.05) is 0 Å². The molecule has 1 aliphatic rings. The van der Waals surface area contributed by atoms with Gasteiger partial charge in [0.15, 0.2) is 5.78 Å². The minimum Gasteiger partial charge on any atom is -0.466 e. The normalized spacial score (nSPS) is 15.2. The van der Waals surface area contributed by atoms with Crippen LogP contribution in [0.4, 0.5) is 0 Å². The van der Waals surface area contributed by atoms with Gasteiger partial charge in [-0.2, -0.15) is 0 Å². The summed E-state index contributed by atoms with van der Waals surface area (Å²) in [5, 5.41) is 0. The van der Waals surface area contributed by atoms with Crippen LogP contribution in [0, 0.1) is 0 Å². The monoisotopic (exact) mass is 167 g/mol. The minimum absolute atomic E-state index is 0.131. The molecule has 0 saturated carbocycles. The highest BCUT2D eigenvalue weighted by atomic mass is 16.5. The van der Waals surface area contributed by atoms with E-state index in [0.717, 1.165) is 0 Å². The maximum absolute atomic E-state index is 10.9. The summed E-state index contributed by atoms with van der Waals surface area (Å²) < 4.78 is 4.47. The lowest BCUT2D eigenvalue weighted by molar-refractivity contribution is -0.136. The predicted octanol–water partition coefficient (Wildman–Crippen LogP) is 0.129. The van der Waals surface area contributed by atoms with E-state index in [4.69, 9.17) is 0 Å². The van der Waals surface area contributed by atoms with Crippen LogP contribution < -0.4 is 0 Å². The Balaban J connectivity index is 2.73. The van der Waals surface area contributed by atoms with Crippen molar-refractivity contribution < 1.29 is 14.3 Å². The standard InChI is InChI=1S/C8H9NO3/c1-5(10)7-3-6(4-9-7)8(11)12-2/h3H,4H2,1-2H3. The third-order valence-corrected chi connectivity index (χ3v) is 1.54. The van der Waals surface area contributed by atoms with Crippen LogP contribution in [0.1, 0.15) is 6.92 Å². The van der Waals surface area contributed by atoms with Gasteiger partial charge in [0.2, 0.25) is 0 Å². The number of rotatable bonds is 2. The molecule has 64 valence electrons. The van der Waals surface area contributed by atoms with E-state index in [1.807, 2.05) is 0 Å². The number of hydrogen-bond donors (Lipinski definition) is 0. The maximum atomic E-state index is 10.9. The van der Waals surface area contributed by atoms with Crippen molar-refractivity contribution in [1.82, 2.24) is 0 Å². The average molecular weight is 167 g/mol. The van der Waals surface area contributed by atoms with Crippen molar-refractivity contribution in [3.05, 3.63) is 11.6 Å². The van der Waals surface area contributed by atoms with E-state index in [9.17, 15) is 9.59 Å². The molecule has 0 N–H and O–H groups in total. The highest BCUT2D eigenvalue weighted by Gasteiger charge is 2.17. The van der Waals surface area contributed by atoms with Crippen LogP contribution in [0.3, 0.4) is 0 Å². The number of ether oxygens (including phenoxy) is 1. The summed E-state index contributed by atoms with van der Waals surface area (Å²) in [6, 6.07) is 0. The first kappa shape index (κ1) is 8.64. The second kappa shape index (κ2) is 3.30. The Morgan fingerprint density at radius 1 is 1.58 bits per heavy atom. The Morgan fingerprint density at radius 2 is 2.25 bits per heavy atom. The second-order valence-corrected chi connectivity index (χ2v) is 2.42. The number of aliphatic imine (C=N–C) groups is 1. The highest BCUT2D eigenvalue weighted by molar-refractivity contribution is 6.44. The fourth-order valence-corrected chi connectivity index (χ4v) is 0.894. The number of Topliss-reactive ketones (excluding diaryl/α,β-unsaturated/α-hetero) is 1. The van der Waals surface area contributed by atoms with Crippen LogP contribution in [0.15, 0.2) is 16.6 Å². The van der Waals surface area contributed by atoms with E-state index in [-0.39, 0.29) is 12.3 Å². The summed E-state index contributed by atoms with van der Waals surface area (Å²) in [7, 11) is 1.30. The molecule has 0 bridgehead atoms. The van der Waals surface area contributed by atoms with Crippen molar-refractivity contribution >= 4 is 17.5 Å². The molecule has 0 saturated heterocycles. The molecule has 1 aliphatic heterocycles. The van der Waals surface area contributed by atoms with E-state index in [2.05, 4.69) is 9.73 Å². The largest absolute Gasteiger partial charge is 0.466 e. The minimum atomic E-state index is -0.421. The van der Waals surface area contributed by atoms with Crippen LogP contribution in [0.5, 0.6) is 0 Å². The van der Waals surface area contributed by atoms with Gasteiger partial charge in [0, 0.05) is 6.92 Å². The molecule has 4 nitrogen and oxygen atoms in total. The molecule has 0 radical (unpaired) electrons. The molecule has 0 atom stereocenters. The summed E-state index contributed by atoms with van der Waals surface area (Å²) >= 11 is 0. The Morgan fingerprint density at radius 3 is 2.67 bits per heavy atom. The Kier molecular flexibility index (Phi) is 2.38. The molecule has 1 rings (SSSR count). The van der Waals surface area contributed by atoms with Gasteiger partial charge in [-0.3, -0.25) is 9.79 Å². The molecule has 0 aromatic heterocycles. The summed E-state index contributed by atoms with van der Waals surface area (Å²) in [6.45, 7) is 1.66. The quantitative estimate of drug-likeness (QED) is 0.549. The molecule has 4 heteroatoms. The number of methoxy groups -OCH3 is 1. The second-order valence-electron chi connectivity index (χ2n) is 2.42. The van der Waals surface area contributed by atoms with Gasteiger partial charge >= 0.3 is 5.97 Å². The summed E-state index contributed by atoms with van der Waals surface area (Å²) in [5.74, 6) is -0.552. The molecule has 0 amide bonds. The van der Waals surface area contributed by atoms with Crippen LogP contribution >= 0.6 is 0 Å². The first-order chi connectivity index (χ1) is 5.65. The van der Waals surface area contributed by atoms with Gasteiger partial charge in [-0.05, 0) is 6.08 Å². The topological polar surface area (TPSA) is 55.7 Å². The zero-order valence-corrected chi connectivity index (χ0v) is 6.96. The van der Waals surface area contributed by atoms with Gasteiger partial charge in [0.25, 0.3) is 0 Å². The Bertz CT molecular complexity index is 289. The summed E-state index contributed by atoms with van der Waals surface area (Å²) in [5.41, 5.74) is 0.776. The molecule has 0 fully saturated rings. The van der Waals surface area contributed by atoms with Gasteiger partial charge in [-0.25, -0.2) is 4.79 Å². The van der Waals surface area contributed by atoms with Crippen LogP contribution in [-0.2, 0) is 14.3 Å². The molecule has 0 aromatic carbocycles. The number of allylic oxidation sites excluding steroid dienone is 1. The summed E-state index contributed by atoms with van der Waals surface area (Å²) in [4.78, 5) is 25.5. The smallest absolute Gasteiger partial charge is 0.335 e. The third kappa shape index (κ3) is 1.58. The highest BCUT2D eigenvalue weighted by Crippen LogP contribution is 2.07. The number of ketones is 1. The number of esters is 1. The average Bonchev–Trinajstić information content (AvgIpc) is 2.51. The first-order valence-electron chi connectivity index (χ1n) is 3.49. The predicted molar refractivity (Wildman–Crippen MR) is 43.1 cm³/mol. The molecule has 1 heterocycles. The Labute approximate surface area is 69.9 Å². The van der Waals surface area contributed by atoms with E-state index in [0.29, 0.717) is 11.3 Å². The zero-order chi connectivity index (χ0) is 9.14. The van der Waals surface area contributed by atoms with Gasteiger partial charge in [-0.15, -0.1) is 0 Å². The maximum Gasteiger partial charge on any atom is 0.335 e. The molecule has 12 heavy (non-hydrogen) atoms. The van der Waals surface area contributed by atoms with E-state index in [1.165, 1.54) is 20.1 Å². The van der Waals surface area contributed by atoms with E-state index in [1.54, 1.807) is 0 Å². The van der Waals surface area contributed by atoms with E-state index >= 15 is 0 Å². The number of nitrogens with zero attached hydrogens (tertiary/aromatic N) is 1.